The quantitative estimate of drug-likeness (QED) is 0.0529. The molecule has 0 aliphatic rings. The lowest BCUT2D eigenvalue weighted by Crippen LogP contribution is -2.30. The van der Waals surface area contributed by atoms with Gasteiger partial charge in [-0.2, -0.15) is 0 Å². The van der Waals surface area contributed by atoms with Gasteiger partial charge in [0.2, 0.25) is 0 Å². The number of benzene rings is 3. The number of ether oxygens (including phenoxy) is 6. The van der Waals surface area contributed by atoms with Crippen LogP contribution in [0.25, 0.3) is 21.5 Å². The van der Waals surface area contributed by atoms with E-state index in [0.29, 0.717) is 55.4 Å². The molecule has 0 saturated heterocycles. The van der Waals surface area contributed by atoms with Crippen molar-refractivity contribution >= 4 is 45.1 Å². The minimum atomic E-state index is -0.574. The third kappa shape index (κ3) is 12.8. The van der Waals surface area contributed by atoms with Crippen LogP contribution >= 0.6 is 11.6 Å². The van der Waals surface area contributed by atoms with E-state index in [0.717, 1.165) is 60.1 Å². The minimum absolute atomic E-state index is 0.111. The van der Waals surface area contributed by atoms with E-state index in [9.17, 15) is 9.59 Å². The molecule has 3 aromatic carbocycles. The van der Waals surface area contributed by atoms with E-state index in [1.54, 1.807) is 0 Å². The molecule has 0 aliphatic carbocycles. The number of rotatable bonds is 24. The number of unbranched alkanes of at least 4 members (excludes halogenated alkanes) is 4. The lowest BCUT2D eigenvalue weighted by Gasteiger charge is -2.23. The van der Waals surface area contributed by atoms with Crippen LogP contribution in [0.15, 0.2) is 42.5 Å². The van der Waals surface area contributed by atoms with Gasteiger partial charge in [-0.15, -0.1) is 0 Å². The monoisotopic (exact) mass is 672 g/mol. The summed E-state index contributed by atoms with van der Waals surface area (Å²) < 4.78 is 36.3. The molecule has 2 unspecified atom stereocenters. The smallest absolute Gasteiger partial charge is 0.306 e. The zero-order chi connectivity index (χ0) is 33.9. The summed E-state index contributed by atoms with van der Waals surface area (Å²) in [5, 5.41) is 3.73. The number of carbonyl (C=O) groups is 2. The average Bonchev–Trinajstić information content (AvgIpc) is 3.05. The molecule has 9 heteroatoms. The fourth-order valence-corrected chi connectivity index (χ4v) is 5.38. The van der Waals surface area contributed by atoms with Crippen molar-refractivity contribution in [2.45, 2.75) is 104 Å². The number of halogens is 1. The molecule has 0 amide bonds. The summed E-state index contributed by atoms with van der Waals surface area (Å²) in [5.74, 6) is 0.695. The van der Waals surface area contributed by atoms with Crippen molar-refractivity contribution in [3.05, 3.63) is 47.5 Å². The second-order valence-electron chi connectivity index (χ2n) is 11.8. The molecule has 0 saturated carbocycles. The van der Waals surface area contributed by atoms with Crippen molar-refractivity contribution in [1.82, 2.24) is 0 Å². The Morgan fingerprint density at radius 1 is 0.596 bits per heavy atom. The summed E-state index contributed by atoms with van der Waals surface area (Å²) >= 11 is 6.52. The molecule has 0 spiro atoms. The predicted octanol–water partition coefficient (Wildman–Crippen LogP) is 9.24. The Bertz CT molecular complexity index is 1380. The van der Waals surface area contributed by atoms with Crippen molar-refractivity contribution in [2.75, 3.05) is 39.6 Å². The van der Waals surface area contributed by atoms with Gasteiger partial charge in [0, 0.05) is 52.6 Å². The first-order valence-electron chi connectivity index (χ1n) is 17.4. The normalized spacial score (nSPS) is 12.6. The van der Waals surface area contributed by atoms with Gasteiger partial charge >= 0.3 is 11.9 Å². The van der Waals surface area contributed by atoms with E-state index in [4.69, 9.17) is 40.0 Å². The fourth-order valence-electron chi connectivity index (χ4n) is 5.20. The molecule has 8 nitrogen and oxygen atoms in total. The highest BCUT2D eigenvalue weighted by atomic mass is 35.5. The van der Waals surface area contributed by atoms with Gasteiger partial charge in [0.1, 0.15) is 24.7 Å². The molecule has 3 aromatic rings. The largest absolute Gasteiger partial charge is 0.488 e. The predicted molar refractivity (Wildman–Crippen MR) is 188 cm³/mol. The van der Waals surface area contributed by atoms with Crippen LogP contribution in [0.3, 0.4) is 0 Å². The maximum Gasteiger partial charge on any atom is 0.306 e. The van der Waals surface area contributed by atoms with Crippen LogP contribution < -0.4 is 9.47 Å². The first-order chi connectivity index (χ1) is 22.9. The molecule has 260 valence electrons. The molecular weight excluding hydrogens is 620 g/mol. The summed E-state index contributed by atoms with van der Waals surface area (Å²) in [6.45, 7) is 10.1. The topological polar surface area (TPSA) is 89.5 Å². The zero-order valence-electron chi connectivity index (χ0n) is 28.7. The third-order valence-corrected chi connectivity index (χ3v) is 7.85. The van der Waals surface area contributed by atoms with E-state index in [-0.39, 0.29) is 38.4 Å². The van der Waals surface area contributed by atoms with Gasteiger partial charge in [0.25, 0.3) is 0 Å². The molecule has 0 heterocycles. The average molecular weight is 673 g/mol. The summed E-state index contributed by atoms with van der Waals surface area (Å²) in [4.78, 5) is 24.9. The molecule has 0 aliphatic heterocycles. The van der Waals surface area contributed by atoms with Crippen LogP contribution in [0, 0.1) is 0 Å². The highest BCUT2D eigenvalue weighted by Gasteiger charge is 2.22. The van der Waals surface area contributed by atoms with Crippen LogP contribution in [0.2, 0.25) is 5.02 Å². The molecule has 0 radical (unpaired) electrons. The number of esters is 2. The van der Waals surface area contributed by atoms with E-state index >= 15 is 0 Å². The number of hydrogen-bond donors (Lipinski definition) is 0. The van der Waals surface area contributed by atoms with E-state index in [1.807, 2.05) is 56.3 Å². The maximum atomic E-state index is 12.4. The van der Waals surface area contributed by atoms with Crippen LogP contribution in [-0.4, -0.2) is 63.8 Å². The number of fused-ring (bicyclic) bond motifs is 2. The molecule has 0 bridgehead atoms. The molecular formula is C38H53ClO8. The van der Waals surface area contributed by atoms with Crippen LogP contribution in [0.1, 0.15) is 91.9 Å². The van der Waals surface area contributed by atoms with Gasteiger partial charge in [-0.25, -0.2) is 0 Å². The maximum absolute atomic E-state index is 12.4. The summed E-state index contributed by atoms with van der Waals surface area (Å²) in [6, 6.07) is 13.4. The molecule has 0 N–H and O–H groups in total. The first kappa shape index (κ1) is 38.4. The van der Waals surface area contributed by atoms with Gasteiger partial charge < -0.3 is 28.4 Å². The van der Waals surface area contributed by atoms with Gasteiger partial charge in [-0.05, 0) is 43.9 Å². The van der Waals surface area contributed by atoms with Crippen molar-refractivity contribution in [2.24, 2.45) is 0 Å². The minimum Gasteiger partial charge on any atom is -0.488 e. The lowest BCUT2D eigenvalue weighted by molar-refractivity contribution is -0.155. The van der Waals surface area contributed by atoms with Gasteiger partial charge in [0.05, 0.1) is 13.2 Å². The Morgan fingerprint density at radius 3 is 1.53 bits per heavy atom. The SMILES string of the molecule is CCCCCOCC(COc1c2ccccc2c(OCC(COCCCCC)OC(=O)CCC)c2cc(Cl)ccc12)OC(=O)CCC. The third-order valence-electron chi connectivity index (χ3n) is 7.61. The van der Waals surface area contributed by atoms with E-state index in [1.165, 1.54) is 0 Å². The van der Waals surface area contributed by atoms with Crippen LogP contribution in [0.4, 0.5) is 0 Å². The summed E-state index contributed by atoms with van der Waals surface area (Å²) in [5.41, 5.74) is 0. The Labute approximate surface area is 285 Å². The van der Waals surface area contributed by atoms with Crippen molar-refractivity contribution < 1.29 is 38.0 Å². The molecule has 0 aromatic heterocycles. The zero-order valence-corrected chi connectivity index (χ0v) is 29.4. The van der Waals surface area contributed by atoms with Crippen molar-refractivity contribution in [3.8, 4) is 11.5 Å². The van der Waals surface area contributed by atoms with E-state index < -0.39 is 12.2 Å². The van der Waals surface area contributed by atoms with Gasteiger partial charge in [0.15, 0.2) is 12.2 Å². The number of carbonyl (C=O) groups excluding carboxylic acids is 2. The van der Waals surface area contributed by atoms with Crippen molar-refractivity contribution in [1.29, 1.82) is 0 Å². The first-order valence-corrected chi connectivity index (χ1v) is 17.7. The summed E-state index contributed by atoms with van der Waals surface area (Å²) in [6.07, 6.45) is 7.19. The van der Waals surface area contributed by atoms with Gasteiger partial charge in [-0.3, -0.25) is 9.59 Å². The standard InChI is InChI=1S/C38H53ClO8/c1-5-9-13-21-42-24-29(46-35(40)15-7-3)26-44-37-31-17-11-12-18-32(31)38(34-23-28(39)19-20-33(34)37)45-27-30(47-36(41)16-8-4)25-43-22-14-10-6-2/h11-12,17-20,23,29-30H,5-10,13-16,21-22,24-27H2,1-4H3. The Balaban J connectivity index is 1.90. The fraction of sp³-hybridized carbons (Fsp3) is 0.579. The highest BCUT2D eigenvalue weighted by molar-refractivity contribution is 6.31. The Hall–Kier alpha value is -3.07. The number of hydrogen-bond acceptors (Lipinski definition) is 8. The van der Waals surface area contributed by atoms with Crippen LogP contribution in [-0.2, 0) is 28.5 Å². The van der Waals surface area contributed by atoms with Crippen LogP contribution in [0.5, 0.6) is 11.5 Å². The Kier molecular flexibility index (Phi) is 17.7. The molecule has 0 fully saturated rings. The van der Waals surface area contributed by atoms with E-state index in [2.05, 4.69) is 13.8 Å². The molecule has 3 rings (SSSR count). The Morgan fingerprint density at radius 2 is 1.06 bits per heavy atom. The molecule has 2 atom stereocenters. The highest BCUT2D eigenvalue weighted by Crippen LogP contribution is 2.43. The van der Waals surface area contributed by atoms with Gasteiger partial charge in [-0.1, -0.05) is 89.2 Å². The second-order valence-corrected chi connectivity index (χ2v) is 12.2. The van der Waals surface area contributed by atoms with Crippen molar-refractivity contribution in [3.63, 3.8) is 0 Å². The second kappa shape index (κ2) is 21.7. The molecule has 47 heavy (non-hydrogen) atoms. The summed E-state index contributed by atoms with van der Waals surface area (Å²) in [7, 11) is 0. The lowest BCUT2D eigenvalue weighted by atomic mass is 10.0.